The minimum Gasteiger partial charge on any atom is -0.494 e. The van der Waals surface area contributed by atoms with Gasteiger partial charge in [0.1, 0.15) is 17.3 Å². The van der Waals surface area contributed by atoms with Gasteiger partial charge >= 0.3 is 0 Å². The summed E-state index contributed by atoms with van der Waals surface area (Å²) in [4.78, 5) is 13.2. The first-order valence-electron chi connectivity index (χ1n) is 6.99. The molecule has 0 fully saturated rings. The number of nitrogens with zero attached hydrogens (tertiary/aromatic N) is 3. The van der Waals surface area contributed by atoms with Gasteiger partial charge < -0.3 is 10.1 Å². The summed E-state index contributed by atoms with van der Waals surface area (Å²) in [7, 11) is 0. The van der Waals surface area contributed by atoms with Gasteiger partial charge in [-0.05, 0) is 31.5 Å². The van der Waals surface area contributed by atoms with E-state index >= 15 is 0 Å². The minimum absolute atomic E-state index is 0.631. The van der Waals surface area contributed by atoms with E-state index in [1.807, 2.05) is 43.5 Å². The molecule has 5 nitrogen and oxygen atoms in total. The third-order valence-corrected chi connectivity index (χ3v) is 3.80. The van der Waals surface area contributed by atoms with E-state index in [1.165, 1.54) is 11.3 Å². The fraction of sp³-hybridized carbons (Fsp3) is 0.188. The third kappa shape index (κ3) is 3.23. The van der Waals surface area contributed by atoms with Crippen molar-refractivity contribution < 1.29 is 4.74 Å². The maximum atomic E-state index is 5.50. The molecule has 0 unspecified atom stereocenters. The summed E-state index contributed by atoms with van der Waals surface area (Å²) in [5.41, 5.74) is 2.70. The molecular weight excluding hydrogens is 296 g/mol. The average molecular weight is 312 g/mol. The number of pyridine rings is 2. The van der Waals surface area contributed by atoms with Gasteiger partial charge in [0.25, 0.3) is 0 Å². The van der Waals surface area contributed by atoms with E-state index in [-0.39, 0.29) is 0 Å². The highest BCUT2D eigenvalue weighted by Crippen LogP contribution is 2.27. The van der Waals surface area contributed by atoms with Crippen LogP contribution in [0, 0.1) is 6.92 Å². The zero-order valence-electron chi connectivity index (χ0n) is 12.4. The molecule has 3 heterocycles. The molecule has 3 rings (SSSR count). The van der Waals surface area contributed by atoms with E-state index in [0.717, 1.165) is 33.7 Å². The molecule has 0 aliphatic rings. The molecule has 0 aromatic carbocycles. The van der Waals surface area contributed by atoms with E-state index in [0.29, 0.717) is 6.61 Å². The molecule has 22 heavy (non-hydrogen) atoms. The highest BCUT2D eigenvalue weighted by Gasteiger charge is 2.08. The van der Waals surface area contributed by atoms with Crippen molar-refractivity contribution in [3.8, 4) is 17.1 Å². The van der Waals surface area contributed by atoms with Crippen molar-refractivity contribution in [3.63, 3.8) is 0 Å². The number of aryl methyl sites for hydroxylation is 1. The Morgan fingerprint density at radius 2 is 2.09 bits per heavy atom. The molecule has 3 aromatic rings. The molecule has 0 spiro atoms. The quantitative estimate of drug-likeness (QED) is 0.770. The van der Waals surface area contributed by atoms with Crippen molar-refractivity contribution >= 4 is 22.3 Å². The number of nitrogens with one attached hydrogen (secondary N) is 1. The molecule has 0 aliphatic heterocycles. The zero-order valence-corrected chi connectivity index (χ0v) is 13.2. The van der Waals surface area contributed by atoms with Crippen LogP contribution in [0.5, 0.6) is 5.75 Å². The summed E-state index contributed by atoms with van der Waals surface area (Å²) in [6, 6.07) is 7.66. The Bertz CT molecular complexity index is 772. The van der Waals surface area contributed by atoms with Gasteiger partial charge in [-0.15, -0.1) is 11.3 Å². The Morgan fingerprint density at radius 3 is 2.91 bits per heavy atom. The highest BCUT2D eigenvalue weighted by atomic mass is 32.1. The van der Waals surface area contributed by atoms with Gasteiger partial charge in [0.2, 0.25) is 0 Å². The Kier molecular flexibility index (Phi) is 4.29. The normalized spacial score (nSPS) is 10.5. The monoisotopic (exact) mass is 312 g/mol. The van der Waals surface area contributed by atoms with Crippen LogP contribution in [0.1, 0.15) is 12.5 Å². The summed E-state index contributed by atoms with van der Waals surface area (Å²) >= 11 is 1.52. The Morgan fingerprint density at radius 1 is 1.18 bits per heavy atom. The highest BCUT2D eigenvalue weighted by molar-refractivity contribution is 7.14. The molecule has 0 amide bonds. The summed E-state index contributed by atoms with van der Waals surface area (Å²) in [5, 5.41) is 6.00. The van der Waals surface area contributed by atoms with Gasteiger partial charge in [-0.2, -0.15) is 0 Å². The predicted octanol–water partition coefficient (Wildman–Crippen LogP) is 4.05. The first-order chi connectivity index (χ1) is 10.8. The fourth-order valence-electron chi connectivity index (χ4n) is 1.97. The lowest BCUT2D eigenvalue weighted by atomic mass is 10.3. The van der Waals surface area contributed by atoms with E-state index < -0.39 is 0 Å². The first-order valence-corrected chi connectivity index (χ1v) is 7.87. The van der Waals surface area contributed by atoms with E-state index in [9.17, 15) is 0 Å². The minimum atomic E-state index is 0.631. The van der Waals surface area contributed by atoms with Crippen LogP contribution < -0.4 is 10.1 Å². The molecule has 0 bridgehead atoms. The molecule has 6 heteroatoms. The number of hydrogen-bond donors (Lipinski definition) is 1. The lowest BCUT2D eigenvalue weighted by Gasteiger charge is -2.04. The van der Waals surface area contributed by atoms with Crippen molar-refractivity contribution in [1.82, 2.24) is 15.0 Å². The van der Waals surface area contributed by atoms with Crippen LogP contribution >= 0.6 is 11.3 Å². The van der Waals surface area contributed by atoms with Crippen molar-refractivity contribution in [2.45, 2.75) is 13.8 Å². The Labute approximate surface area is 133 Å². The predicted molar refractivity (Wildman–Crippen MR) is 88.8 cm³/mol. The van der Waals surface area contributed by atoms with Gasteiger partial charge in [0.15, 0.2) is 5.13 Å². The standard InChI is InChI=1S/C16H16N4OS/c1-3-21-12-6-8-17-13(9-12)14-10-22-16(19-14)20-15-11(2)5-4-7-18-15/h4-10H,3H2,1-2H3,(H,18,19,20). The summed E-state index contributed by atoms with van der Waals surface area (Å²) < 4.78 is 5.50. The lowest BCUT2D eigenvalue weighted by Crippen LogP contribution is -1.95. The maximum Gasteiger partial charge on any atom is 0.188 e. The van der Waals surface area contributed by atoms with Gasteiger partial charge in [-0.25, -0.2) is 9.97 Å². The topological polar surface area (TPSA) is 59.9 Å². The number of aromatic nitrogens is 3. The number of thiazole rings is 1. The van der Waals surface area contributed by atoms with Crippen LogP contribution in [0.15, 0.2) is 42.0 Å². The van der Waals surface area contributed by atoms with E-state index in [4.69, 9.17) is 4.74 Å². The second-order valence-electron chi connectivity index (χ2n) is 4.64. The molecular formula is C16H16N4OS. The number of rotatable bonds is 5. The Balaban J connectivity index is 1.82. The Hall–Kier alpha value is -2.47. The van der Waals surface area contributed by atoms with Gasteiger partial charge in [-0.1, -0.05) is 6.07 Å². The molecule has 0 saturated carbocycles. The number of ether oxygens (including phenoxy) is 1. The van der Waals surface area contributed by atoms with Crippen LogP contribution in [0.3, 0.4) is 0 Å². The lowest BCUT2D eigenvalue weighted by molar-refractivity contribution is 0.340. The third-order valence-electron chi connectivity index (χ3n) is 3.04. The summed E-state index contributed by atoms with van der Waals surface area (Å²) in [5.74, 6) is 1.62. The van der Waals surface area contributed by atoms with Crippen LogP contribution in [-0.4, -0.2) is 21.6 Å². The fourth-order valence-corrected chi connectivity index (χ4v) is 2.68. The van der Waals surface area contributed by atoms with Crippen LogP contribution in [0.2, 0.25) is 0 Å². The van der Waals surface area contributed by atoms with Crippen LogP contribution in [0.4, 0.5) is 10.9 Å². The second kappa shape index (κ2) is 6.53. The molecule has 1 N–H and O–H groups in total. The number of hydrogen-bond acceptors (Lipinski definition) is 6. The second-order valence-corrected chi connectivity index (χ2v) is 5.50. The van der Waals surface area contributed by atoms with E-state index in [2.05, 4.69) is 20.3 Å². The van der Waals surface area contributed by atoms with E-state index in [1.54, 1.807) is 12.4 Å². The van der Waals surface area contributed by atoms with Gasteiger partial charge in [-0.3, -0.25) is 4.98 Å². The summed E-state index contributed by atoms with van der Waals surface area (Å²) in [6.45, 7) is 4.60. The van der Waals surface area contributed by atoms with Gasteiger partial charge in [0, 0.05) is 23.8 Å². The van der Waals surface area contributed by atoms with Crippen molar-refractivity contribution in [2.75, 3.05) is 11.9 Å². The molecule has 0 saturated heterocycles. The maximum absolute atomic E-state index is 5.50. The average Bonchev–Trinajstić information content (AvgIpc) is 2.99. The van der Waals surface area contributed by atoms with Crippen molar-refractivity contribution in [2.24, 2.45) is 0 Å². The first kappa shape index (κ1) is 14.5. The molecule has 0 radical (unpaired) electrons. The SMILES string of the molecule is CCOc1ccnc(-c2csc(Nc3ncccc3C)n2)c1. The van der Waals surface area contributed by atoms with Crippen LogP contribution in [0.25, 0.3) is 11.4 Å². The molecule has 112 valence electrons. The van der Waals surface area contributed by atoms with Gasteiger partial charge in [0.05, 0.1) is 12.3 Å². The number of anilines is 2. The molecule has 3 aromatic heterocycles. The van der Waals surface area contributed by atoms with Crippen molar-refractivity contribution in [3.05, 3.63) is 47.6 Å². The smallest absolute Gasteiger partial charge is 0.188 e. The molecule has 0 atom stereocenters. The molecule has 0 aliphatic carbocycles. The van der Waals surface area contributed by atoms with Crippen molar-refractivity contribution in [1.29, 1.82) is 0 Å². The van der Waals surface area contributed by atoms with Crippen LogP contribution in [-0.2, 0) is 0 Å². The zero-order chi connectivity index (χ0) is 15.4. The largest absolute Gasteiger partial charge is 0.494 e. The summed E-state index contributed by atoms with van der Waals surface area (Å²) in [6.07, 6.45) is 3.49.